The normalized spacial score (nSPS) is 20.9. The molecule has 0 aromatic carbocycles. The minimum absolute atomic E-state index is 0.254. The van der Waals surface area contributed by atoms with Gasteiger partial charge in [0.15, 0.2) is 0 Å². The van der Waals surface area contributed by atoms with Gasteiger partial charge in [-0.25, -0.2) is 0 Å². The highest BCUT2D eigenvalue weighted by Gasteiger charge is 2.25. The third kappa shape index (κ3) is 3.05. The summed E-state index contributed by atoms with van der Waals surface area (Å²) in [4.78, 5) is 18.1. The van der Waals surface area contributed by atoms with Crippen LogP contribution in [0.5, 0.6) is 0 Å². The summed E-state index contributed by atoms with van der Waals surface area (Å²) in [5, 5.41) is 11.3. The number of hydrogen-bond acceptors (Lipinski definition) is 4. The van der Waals surface area contributed by atoms with E-state index in [9.17, 15) is 4.79 Å². The molecule has 110 valence electrons. The van der Waals surface area contributed by atoms with Gasteiger partial charge >= 0.3 is 0 Å². The van der Waals surface area contributed by atoms with Crippen molar-refractivity contribution >= 4 is 17.2 Å². The molecule has 0 bridgehead atoms. The number of thiophene rings is 1. The Labute approximate surface area is 124 Å². The van der Waals surface area contributed by atoms with Crippen LogP contribution in [0.15, 0.2) is 11.4 Å². The van der Waals surface area contributed by atoms with E-state index in [1.807, 2.05) is 4.90 Å². The fourth-order valence-electron chi connectivity index (χ4n) is 3.08. The fourth-order valence-corrected chi connectivity index (χ4v) is 3.97. The Morgan fingerprint density at radius 2 is 2.15 bits per heavy atom. The van der Waals surface area contributed by atoms with Crippen LogP contribution in [0.25, 0.3) is 0 Å². The van der Waals surface area contributed by atoms with E-state index in [2.05, 4.69) is 16.3 Å². The van der Waals surface area contributed by atoms with E-state index in [4.69, 9.17) is 5.11 Å². The van der Waals surface area contributed by atoms with E-state index in [1.54, 1.807) is 11.3 Å². The van der Waals surface area contributed by atoms with Crippen LogP contribution in [0.4, 0.5) is 0 Å². The highest BCUT2D eigenvalue weighted by atomic mass is 32.1. The van der Waals surface area contributed by atoms with E-state index in [1.165, 1.54) is 10.4 Å². The van der Waals surface area contributed by atoms with Gasteiger partial charge in [-0.05, 0) is 55.3 Å². The lowest BCUT2D eigenvalue weighted by molar-refractivity contribution is -0.133. The van der Waals surface area contributed by atoms with Crippen molar-refractivity contribution in [1.82, 2.24) is 9.80 Å². The summed E-state index contributed by atoms with van der Waals surface area (Å²) >= 11 is 1.81. The van der Waals surface area contributed by atoms with Crippen molar-refractivity contribution in [3.05, 3.63) is 21.9 Å². The van der Waals surface area contributed by atoms with Gasteiger partial charge in [0.25, 0.3) is 0 Å². The van der Waals surface area contributed by atoms with Crippen molar-refractivity contribution in [3.63, 3.8) is 0 Å². The molecule has 1 amide bonds. The first-order chi connectivity index (χ1) is 9.76. The van der Waals surface area contributed by atoms with E-state index >= 15 is 0 Å². The van der Waals surface area contributed by atoms with Gasteiger partial charge < -0.3 is 10.0 Å². The number of rotatable bonds is 3. The number of amides is 1. The highest BCUT2D eigenvalue weighted by Crippen LogP contribution is 2.24. The van der Waals surface area contributed by atoms with Gasteiger partial charge in [-0.3, -0.25) is 9.69 Å². The number of fused-ring (bicyclic) bond motifs is 1. The quantitative estimate of drug-likeness (QED) is 0.915. The maximum absolute atomic E-state index is 12.4. The topological polar surface area (TPSA) is 43.8 Å². The van der Waals surface area contributed by atoms with Crippen LogP contribution < -0.4 is 0 Å². The summed E-state index contributed by atoms with van der Waals surface area (Å²) in [6, 6.07) is 2.15. The lowest BCUT2D eigenvalue weighted by Gasteiger charge is -2.33. The summed E-state index contributed by atoms with van der Waals surface area (Å²) in [6.45, 7) is 4.35. The fraction of sp³-hybridized carbons (Fsp3) is 0.667. The molecule has 0 unspecified atom stereocenters. The summed E-state index contributed by atoms with van der Waals surface area (Å²) < 4.78 is 0. The molecule has 20 heavy (non-hydrogen) atoms. The molecule has 0 atom stereocenters. The predicted octanol–water partition coefficient (Wildman–Crippen LogP) is 1.34. The molecule has 3 rings (SSSR count). The number of piperidine rings is 1. The van der Waals surface area contributed by atoms with Crippen LogP contribution in [0, 0.1) is 5.92 Å². The number of aliphatic hydroxyl groups is 1. The second kappa shape index (κ2) is 6.24. The summed E-state index contributed by atoms with van der Waals surface area (Å²) in [5.41, 5.74) is 1.33. The van der Waals surface area contributed by atoms with E-state index < -0.39 is 0 Å². The van der Waals surface area contributed by atoms with Gasteiger partial charge in [-0.2, -0.15) is 0 Å². The number of likely N-dealkylation sites (tertiary alicyclic amines) is 1. The second-order valence-electron chi connectivity index (χ2n) is 5.84. The first-order valence-corrected chi connectivity index (χ1v) is 8.30. The number of nitrogens with zero attached hydrogens (tertiary/aromatic N) is 2. The molecule has 0 aliphatic carbocycles. The molecule has 5 heteroatoms. The Kier molecular flexibility index (Phi) is 4.38. The Morgan fingerprint density at radius 1 is 1.35 bits per heavy atom. The third-order valence-corrected chi connectivity index (χ3v) is 5.51. The molecule has 1 N–H and O–H groups in total. The molecule has 2 aliphatic heterocycles. The Morgan fingerprint density at radius 3 is 2.90 bits per heavy atom. The van der Waals surface area contributed by atoms with Crippen molar-refractivity contribution in [2.75, 3.05) is 32.8 Å². The van der Waals surface area contributed by atoms with E-state index in [-0.39, 0.29) is 12.5 Å². The molecule has 1 saturated heterocycles. The van der Waals surface area contributed by atoms with Gasteiger partial charge in [-0.1, -0.05) is 0 Å². The van der Waals surface area contributed by atoms with Gasteiger partial charge in [0.05, 0.1) is 6.54 Å². The van der Waals surface area contributed by atoms with Crippen molar-refractivity contribution < 1.29 is 9.90 Å². The SMILES string of the molecule is O=C(CN1CCC(CO)CC1)N1CCc2sccc2C1. The number of aliphatic hydroxyl groups excluding tert-OH is 1. The van der Waals surface area contributed by atoms with E-state index in [0.717, 1.165) is 45.4 Å². The zero-order valence-corrected chi connectivity index (χ0v) is 12.6. The van der Waals surface area contributed by atoms with Crippen LogP contribution >= 0.6 is 11.3 Å². The summed E-state index contributed by atoms with van der Waals surface area (Å²) in [5.74, 6) is 0.689. The van der Waals surface area contributed by atoms with Gasteiger partial charge in [-0.15, -0.1) is 11.3 Å². The molecule has 2 aliphatic rings. The highest BCUT2D eigenvalue weighted by molar-refractivity contribution is 7.10. The lowest BCUT2D eigenvalue weighted by Crippen LogP contribution is -2.45. The number of hydrogen-bond donors (Lipinski definition) is 1. The molecule has 1 fully saturated rings. The average molecular weight is 294 g/mol. The number of carbonyl (C=O) groups is 1. The molecule has 3 heterocycles. The average Bonchev–Trinajstić information content (AvgIpc) is 2.95. The molecule has 1 aromatic rings. The lowest BCUT2D eigenvalue weighted by atomic mass is 9.98. The molecule has 0 saturated carbocycles. The predicted molar refractivity (Wildman–Crippen MR) is 79.7 cm³/mol. The maximum Gasteiger partial charge on any atom is 0.237 e. The van der Waals surface area contributed by atoms with Crippen LogP contribution in [-0.4, -0.2) is 53.6 Å². The first-order valence-electron chi connectivity index (χ1n) is 7.42. The smallest absolute Gasteiger partial charge is 0.237 e. The van der Waals surface area contributed by atoms with E-state index in [0.29, 0.717) is 12.5 Å². The maximum atomic E-state index is 12.4. The van der Waals surface area contributed by atoms with Gasteiger partial charge in [0.2, 0.25) is 5.91 Å². The van der Waals surface area contributed by atoms with Crippen LogP contribution in [-0.2, 0) is 17.8 Å². The Balaban J connectivity index is 1.51. The standard InChI is InChI=1S/C15H22N2O2S/c18-11-12-1-5-16(6-2-12)10-15(19)17-7-3-14-13(9-17)4-8-20-14/h4,8,12,18H,1-3,5-7,9-11H2. The molecular formula is C15H22N2O2S. The van der Waals surface area contributed by atoms with Crippen molar-refractivity contribution in [2.24, 2.45) is 5.92 Å². The largest absolute Gasteiger partial charge is 0.396 e. The molecular weight excluding hydrogens is 272 g/mol. The first kappa shape index (κ1) is 14.0. The molecule has 1 aromatic heterocycles. The van der Waals surface area contributed by atoms with Crippen LogP contribution in [0.1, 0.15) is 23.3 Å². The molecule has 4 nitrogen and oxygen atoms in total. The molecule has 0 radical (unpaired) electrons. The third-order valence-electron chi connectivity index (χ3n) is 4.48. The minimum atomic E-state index is 0.254. The Hall–Kier alpha value is -0.910. The zero-order valence-electron chi connectivity index (χ0n) is 11.8. The minimum Gasteiger partial charge on any atom is -0.396 e. The summed E-state index contributed by atoms with van der Waals surface area (Å²) in [6.07, 6.45) is 3.03. The zero-order chi connectivity index (χ0) is 13.9. The molecule has 0 spiro atoms. The van der Waals surface area contributed by atoms with Crippen LogP contribution in [0.3, 0.4) is 0 Å². The van der Waals surface area contributed by atoms with Gasteiger partial charge in [0, 0.05) is 24.6 Å². The second-order valence-corrected chi connectivity index (χ2v) is 6.84. The number of carbonyl (C=O) groups excluding carboxylic acids is 1. The monoisotopic (exact) mass is 294 g/mol. The van der Waals surface area contributed by atoms with Crippen molar-refractivity contribution in [2.45, 2.75) is 25.8 Å². The summed E-state index contributed by atoms with van der Waals surface area (Å²) in [7, 11) is 0. The van der Waals surface area contributed by atoms with Crippen molar-refractivity contribution in [3.8, 4) is 0 Å². The van der Waals surface area contributed by atoms with Gasteiger partial charge in [0.1, 0.15) is 0 Å². The Bertz CT molecular complexity index is 466. The van der Waals surface area contributed by atoms with Crippen molar-refractivity contribution in [1.29, 1.82) is 0 Å². The van der Waals surface area contributed by atoms with Crippen LogP contribution in [0.2, 0.25) is 0 Å².